The molecule has 1 aromatic heterocycles. The Morgan fingerprint density at radius 3 is 2.67 bits per heavy atom. The fourth-order valence-electron chi connectivity index (χ4n) is 2.65. The van der Waals surface area contributed by atoms with Crippen LogP contribution >= 0.6 is 11.6 Å². The molecule has 1 aromatic carbocycles. The number of hydrogen-bond donors (Lipinski definition) is 0. The van der Waals surface area contributed by atoms with E-state index in [-0.39, 0.29) is 12.1 Å². The second-order valence-corrected chi connectivity index (χ2v) is 6.09. The molecule has 0 bridgehead atoms. The van der Waals surface area contributed by atoms with E-state index in [9.17, 15) is 18.0 Å². The van der Waals surface area contributed by atoms with Gasteiger partial charge >= 0.3 is 6.18 Å². The molecule has 0 aliphatic carbocycles. The molecule has 0 radical (unpaired) electrons. The number of benzene rings is 1. The van der Waals surface area contributed by atoms with Gasteiger partial charge in [0.2, 0.25) is 0 Å². The standard InChI is InChI=1S/C16H19ClF3N3O/c1-3-13-21-12-7-4-6-11(17)14(12)15(24)23(13)9-5-8-22(2)10-16(18,19)20/h4,6-7H,3,5,8-10H2,1-2H3. The Morgan fingerprint density at radius 1 is 1.33 bits per heavy atom. The highest BCUT2D eigenvalue weighted by Crippen LogP contribution is 2.19. The molecule has 0 saturated carbocycles. The van der Waals surface area contributed by atoms with Crippen LogP contribution in [0.2, 0.25) is 5.02 Å². The maximum absolute atomic E-state index is 12.7. The lowest BCUT2D eigenvalue weighted by Gasteiger charge is -2.19. The fraction of sp³-hybridized carbons (Fsp3) is 0.500. The summed E-state index contributed by atoms with van der Waals surface area (Å²) in [7, 11) is 1.41. The summed E-state index contributed by atoms with van der Waals surface area (Å²) in [5.74, 6) is 0.605. The van der Waals surface area contributed by atoms with Gasteiger partial charge in [-0.15, -0.1) is 0 Å². The van der Waals surface area contributed by atoms with Crippen molar-refractivity contribution < 1.29 is 13.2 Å². The molecule has 0 fully saturated rings. The van der Waals surface area contributed by atoms with E-state index in [0.29, 0.717) is 41.1 Å². The predicted molar refractivity (Wildman–Crippen MR) is 88.6 cm³/mol. The molecule has 132 valence electrons. The van der Waals surface area contributed by atoms with Crippen LogP contribution in [-0.2, 0) is 13.0 Å². The topological polar surface area (TPSA) is 38.1 Å². The smallest absolute Gasteiger partial charge is 0.298 e. The van der Waals surface area contributed by atoms with Crippen LogP contribution in [0.4, 0.5) is 13.2 Å². The van der Waals surface area contributed by atoms with Crippen molar-refractivity contribution in [2.45, 2.75) is 32.5 Å². The van der Waals surface area contributed by atoms with E-state index >= 15 is 0 Å². The first-order valence-electron chi connectivity index (χ1n) is 7.66. The van der Waals surface area contributed by atoms with E-state index in [1.807, 2.05) is 6.92 Å². The molecule has 0 saturated heterocycles. The molecule has 0 atom stereocenters. The van der Waals surface area contributed by atoms with Crippen LogP contribution in [0.25, 0.3) is 10.9 Å². The largest absolute Gasteiger partial charge is 0.401 e. The summed E-state index contributed by atoms with van der Waals surface area (Å²) in [6.45, 7) is 1.45. The van der Waals surface area contributed by atoms with Gasteiger partial charge in [-0.2, -0.15) is 13.2 Å². The fourth-order valence-corrected chi connectivity index (χ4v) is 2.90. The van der Waals surface area contributed by atoms with Crippen molar-refractivity contribution in [2.75, 3.05) is 20.1 Å². The minimum absolute atomic E-state index is 0.232. The van der Waals surface area contributed by atoms with Gasteiger partial charge in [0.25, 0.3) is 5.56 Å². The third-order valence-corrected chi connectivity index (χ3v) is 4.01. The molecule has 2 rings (SSSR count). The number of nitrogens with zero attached hydrogens (tertiary/aromatic N) is 3. The highest BCUT2D eigenvalue weighted by Gasteiger charge is 2.28. The third kappa shape index (κ3) is 4.48. The predicted octanol–water partition coefficient (Wildman–Crippen LogP) is 3.50. The van der Waals surface area contributed by atoms with E-state index < -0.39 is 12.7 Å². The average Bonchev–Trinajstić information content (AvgIpc) is 2.47. The zero-order chi connectivity index (χ0) is 17.9. The minimum atomic E-state index is -4.22. The number of aromatic nitrogens is 2. The van der Waals surface area contributed by atoms with Crippen molar-refractivity contribution in [2.24, 2.45) is 0 Å². The minimum Gasteiger partial charge on any atom is -0.298 e. The molecule has 0 aliphatic rings. The van der Waals surface area contributed by atoms with Crippen LogP contribution in [0.15, 0.2) is 23.0 Å². The normalized spacial score (nSPS) is 12.3. The van der Waals surface area contributed by atoms with Gasteiger partial charge in [0.1, 0.15) is 5.82 Å². The number of aryl methyl sites for hydroxylation is 1. The molecule has 0 amide bonds. The van der Waals surface area contributed by atoms with Gasteiger partial charge in [-0.25, -0.2) is 4.98 Å². The second kappa shape index (κ2) is 7.53. The van der Waals surface area contributed by atoms with Crippen LogP contribution in [0, 0.1) is 0 Å². The second-order valence-electron chi connectivity index (χ2n) is 5.68. The molecule has 1 heterocycles. The molecule has 24 heavy (non-hydrogen) atoms. The highest BCUT2D eigenvalue weighted by atomic mass is 35.5. The Bertz CT molecular complexity index is 773. The lowest BCUT2D eigenvalue weighted by Crippen LogP contribution is -2.33. The van der Waals surface area contributed by atoms with E-state index in [1.165, 1.54) is 16.5 Å². The van der Waals surface area contributed by atoms with Crippen molar-refractivity contribution in [3.63, 3.8) is 0 Å². The summed E-state index contributed by atoms with van der Waals surface area (Å²) in [6.07, 6.45) is -3.26. The van der Waals surface area contributed by atoms with Crippen LogP contribution in [-0.4, -0.2) is 40.8 Å². The SMILES string of the molecule is CCc1nc2cccc(Cl)c2c(=O)n1CCCN(C)CC(F)(F)F. The maximum Gasteiger partial charge on any atom is 0.401 e. The summed E-state index contributed by atoms with van der Waals surface area (Å²) in [6, 6.07) is 5.08. The molecule has 0 aliphatic heterocycles. The zero-order valence-corrected chi connectivity index (χ0v) is 14.3. The Hall–Kier alpha value is -1.60. The van der Waals surface area contributed by atoms with Crippen molar-refractivity contribution in [1.29, 1.82) is 0 Å². The van der Waals surface area contributed by atoms with Crippen LogP contribution in [0.3, 0.4) is 0 Å². The molecule has 4 nitrogen and oxygen atoms in total. The van der Waals surface area contributed by atoms with Gasteiger partial charge in [-0.1, -0.05) is 24.6 Å². The van der Waals surface area contributed by atoms with Crippen molar-refractivity contribution >= 4 is 22.5 Å². The van der Waals surface area contributed by atoms with E-state index in [1.54, 1.807) is 18.2 Å². The Kier molecular flexibility index (Phi) is 5.87. The number of alkyl halides is 3. The summed E-state index contributed by atoms with van der Waals surface area (Å²) < 4.78 is 38.5. The van der Waals surface area contributed by atoms with Gasteiger partial charge in [0.05, 0.1) is 22.5 Å². The first-order chi connectivity index (χ1) is 11.2. The Morgan fingerprint density at radius 2 is 2.04 bits per heavy atom. The van der Waals surface area contributed by atoms with Gasteiger partial charge in [0, 0.05) is 13.0 Å². The summed E-state index contributed by atoms with van der Waals surface area (Å²) in [5.41, 5.74) is 0.288. The molecule has 0 N–H and O–H groups in total. The summed E-state index contributed by atoms with van der Waals surface area (Å²) in [4.78, 5) is 18.3. The Balaban J connectivity index is 2.21. The quantitative estimate of drug-likeness (QED) is 0.790. The van der Waals surface area contributed by atoms with Crippen LogP contribution in [0.1, 0.15) is 19.2 Å². The number of fused-ring (bicyclic) bond motifs is 1. The molecular weight excluding hydrogens is 343 g/mol. The van der Waals surface area contributed by atoms with Gasteiger partial charge in [0.15, 0.2) is 0 Å². The Labute approximate surface area is 142 Å². The van der Waals surface area contributed by atoms with Crippen LogP contribution in [0.5, 0.6) is 0 Å². The number of rotatable bonds is 6. The maximum atomic E-state index is 12.7. The van der Waals surface area contributed by atoms with Gasteiger partial charge in [-0.3, -0.25) is 14.3 Å². The van der Waals surface area contributed by atoms with Crippen LogP contribution < -0.4 is 5.56 Å². The third-order valence-electron chi connectivity index (χ3n) is 3.70. The molecule has 0 unspecified atom stereocenters. The van der Waals surface area contributed by atoms with E-state index in [4.69, 9.17) is 11.6 Å². The first-order valence-corrected chi connectivity index (χ1v) is 8.04. The van der Waals surface area contributed by atoms with Crippen molar-refractivity contribution in [1.82, 2.24) is 14.5 Å². The first kappa shape index (κ1) is 18.7. The number of hydrogen-bond acceptors (Lipinski definition) is 3. The molecular formula is C16H19ClF3N3O. The van der Waals surface area contributed by atoms with Crippen molar-refractivity contribution in [3.8, 4) is 0 Å². The lowest BCUT2D eigenvalue weighted by atomic mass is 10.2. The summed E-state index contributed by atoms with van der Waals surface area (Å²) >= 11 is 6.10. The molecule has 2 aromatic rings. The van der Waals surface area contributed by atoms with Crippen molar-refractivity contribution in [3.05, 3.63) is 39.4 Å². The van der Waals surface area contributed by atoms with E-state index in [2.05, 4.69) is 4.98 Å². The molecule has 0 spiro atoms. The summed E-state index contributed by atoms with van der Waals surface area (Å²) in [5, 5.41) is 0.676. The van der Waals surface area contributed by atoms with E-state index in [0.717, 1.165) is 0 Å². The monoisotopic (exact) mass is 361 g/mol. The zero-order valence-electron chi connectivity index (χ0n) is 13.5. The molecule has 8 heteroatoms. The highest BCUT2D eigenvalue weighted by molar-refractivity contribution is 6.35. The van der Waals surface area contributed by atoms with Gasteiger partial charge < -0.3 is 0 Å². The number of halogens is 4. The average molecular weight is 362 g/mol. The lowest BCUT2D eigenvalue weighted by molar-refractivity contribution is -0.143. The van der Waals surface area contributed by atoms with Gasteiger partial charge in [-0.05, 0) is 32.1 Å².